The molecule has 0 saturated carbocycles. The van der Waals surface area contributed by atoms with Gasteiger partial charge < -0.3 is 15.6 Å². The third-order valence-electron chi connectivity index (χ3n) is 3.31. The van der Waals surface area contributed by atoms with Crippen LogP contribution in [-0.2, 0) is 6.18 Å². The molecule has 0 aliphatic carbocycles. The highest BCUT2D eigenvalue weighted by molar-refractivity contribution is 6.05. The zero-order valence-electron chi connectivity index (χ0n) is 11.7. The number of carbonyl (C=O) groups is 1. The van der Waals surface area contributed by atoms with Gasteiger partial charge >= 0.3 is 12.2 Å². The number of halogens is 3. The summed E-state index contributed by atoms with van der Waals surface area (Å²) in [5, 5.41) is 5.99. The summed E-state index contributed by atoms with van der Waals surface area (Å²) in [4.78, 5) is 15.0. The lowest BCUT2D eigenvalue weighted by molar-refractivity contribution is -0.137. The van der Waals surface area contributed by atoms with Gasteiger partial charge in [0.15, 0.2) is 0 Å². The number of nitrogens with one attached hydrogen (secondary N) is 3. The van der Waals surface area contributed by atoms with E-state index in [4.69, 9.17) is 0 Å². The maximum atomic E-state index is 12.5. The van der Waals surface area contributed by atoms with Gasteiger partial charge in [-0.2, -0.15) is 13.2 Å². The Morgan fingerprint density at radius 1 is 0.957 bits per heavy atom. The van der Waals surface area contributed by atoms with E-state index in [2.05, 4.69) is 15.6 Å². The highest BCUT2D eigenvalue weighted by Crippen LogP contribution is 2.30. The number of rotatable bonds is 2. The van der Waals surface area contributed by atoms with Gasteiger partial charge in [0, 0.05) is 22.8 Å². The van der Waals surface area contributed by atoms with Gasteiger partial charge in [0.1, 0.15) is 0 Å². The molecule has 3 rings (SSSR count). The number of carbonyl (C=O) groups excluding carboxylic acids is 1. The van der Waals surface area contributed by atoms with E-state index in [0.717, 1.165) is 23.0 Å². The minimum atomic E-state index is -4.40. The van der Waals surface area contributed by atoms with Crippen LogP contribution in [0.2, 0.25) is 0 Å². The summed E-state index contributed by atoms with van der Waals surface area (Å²) in [5.41, 5.74) is 0.970. The molecule has 0 unspecified atom stereocenters. The van der Waals surface area contributed by atoms with E-state index in [1.807, 2.05) is 24.3 Å². The molecule has 1 aromatic heterocycles. The first-order valence-corrected chi connectivity index (χ1v) is 6.75. The van der Waals surface area contributed by atoms with Crippen molar-refractivity contribution in [2.75, 3.05) is 10.6 Å². The van der Waals surface area contributed by atoms with Crippen LogP contribution in [0.5, 0.6) is 0 Å². The molecule has 0 bridgehead atoms. The van der Waals surface area contributed by atoms with Crippen LogP contribution in [0.25, 0.3) is 10.9 Å². The van der Waals surface area contributed by atoms with Crippen LogP contribution in [0.1, 0.15) is 5.56 Å². The Balaban J connectivity index is 1.70. The van der Waals surface area contributed by atoms with Crippen LogP contribution in [0.4, 0.5) is 29.3 Å². The summed E-state index contributed by atoms with van der Waals surface area (Å²) in [7, 11) is 0. The van der Waals surface area contributed by atoms with E-state index >= 15 is 0 Å². The van der Waals surface area contributed by atoms with Crippen LogP contribution in [0.3, 0.4) is 0 Å². The fourth-order valence-electron chi connectivity index (χ4n) is 2.20. The Bertz CT molecular complexity index is 838. The maximum Gasteiger partial charge on any atom is 0.416 e. The Labute approximate surface area is 129 Å². The molecule has 0 aliphatic rings. The quantitative estimate of drug-likeness (QED) is 0.622. The number of hydrogen-bond donors (Lipinski definition) is 3. The second kappa shape index (κ2) is 5.68. The maximum absolute atomic E-state index is 12.5. The van der Waals surface area contributed by atoms with E-state index in [0.29, 0.717) is 5.69 Å². The van der Waals surface area contributed by atoms with Crippen molar-refractivity contribution in [1.82, 2.24) is 4.98 Å². The summed E-state index contributed by atoms with van der Waals surface area (Å²) in [6.45, 7) is 0. The van der Waals surface area contributed by atoms with E-state index in [1.165, 1.54) is 12.1 Å². The van der Waals surface area contributed by atoms with Crippen molar-refractivity contribution in [3.8, 4) is 0 Å². The lowest BCUT2D eigenvalue weighted by Crippen LogP contribution is -2.19. The first-order chi connectivity index (χ1) is 10.9. The van der Waals surface area contributed by atoms with Crippen molar-refractivity contribution in [2.45, 2.75) is 6.18 Å². The number of benzene rings is 2. The van der Waals surface area contributed by atoms with Crippen LogP contribution in [0, 0.1) is 0 Å². The molecule has 4 nitrogen and oxygen atoms in total. The molecule has 0 saturated heterocycles. The second-order valence-corrected chi connectivity index (χ2v) is 4.90. The van der Waals surface area contributed by atoms with Crippen molar-refractivity contribution < 1.29 is 18.0 Å². The molecule has 3 aromatic rings. The molecule has 23 heavy (non-hydrogen) atoms. The highest BCUT2D eigenvalue weighted by atomic mass is 19.4. The molecule has 7 heteroatoms. The minimum Gasteiger partial charge on any atom is -0.359 e. The van der Waals surface area contributed by atoms with Gasteiger partial charge in [0.2, 0.25) is 0 Å². The number of anilines is 2. The fourth-order valence-corrected chi connectivity index (χ4v) is 2.20. The average Bonchev–Trinajstić information content (AvgIpc) is 2.90. The number of aromatic nitrogens is 1. The Morgan fingerprint density at radius 3 is 2.35 bits per heavy atom. The summed E-state index contributed by atoms with van der Waals surface area (Å²) in [5.74, 6) is 0. The number of H-pyrrole nitrogens is 1. The largest absolute Gasteiger partial charge is 0.416 e. The molecule has 1 heterocycles. The van der Waals surface area contributed by atoms with Gasteiger partial charge in [0.25, 0.3) is 0 Å². The molecule has 2 aromatic carbocycles. The van der Waals surface area contributed by atoms with Gasteiger partial charge in [-0.1, -0.05) is 18.2 Å². The normalized spacial score (nSPS) is 11.4. The van der Waals surface area contributed by atoms with Crippen LogP contribution < -0.4 is 10.6 Å². The predicted molar refractivity (Wildman–Crippen MR) is 82.4 cm³/mol. The topological polar surface area (TPSA) is 56.9 Å². The summed E-state index contributed by atoms with van der Waals surface area (Å²) in [6.07, 6.45) is -2.75. The fraction of sp³-hybridized carbons (Fsp3) is 0.0625. The predicted octanol–water partition coefficient (Wildman–Crippen LogP) is 4.83. The Hall–Kier alpha value is -2.96. The Morgan fingerprint density at radius 2 is 1.65 bits per heavy atom. The van der Waals surface area contributed by atoms with Crippen molar-refractivity contribution >= 4 is 28.3 Å². The van der Waals surface area contributed by atoms with Gasteiger partial charge in [-0.25, -0.2) is 4.79 Å². The van der Waals surface area contributed by atoms with Crippen LogP contribution in [0.15, 0.2) is 54.7 Å². The molecule has 0 fully saturated rings. The number of hydrogen-bond acceptors (Lipinski definition) is 1. The van der Waals surface area contributed by atoms with E-state index < -0.39 is 17.8 Å². The lowest BCUT2D eigenvalue weighted by atomic mass is 10.2. The second-order valence-electron chi connectivity index (χ2n) is 4.90. The molecule has 3 N–H and O–H groups in total. The molecule has 0 atom stereocenters. The average molecular weight is 319 g/mol. The number of urea groups is 1. The number of fused-ring (bicyclic) bond motifs is 1. The van der Waals surface area contributed by atoms with Crippen molar-refractivity contribution in [3.63, 3.8) is 0 Å². The first kappa shape index (κ1) is 15.0. The lowest BCUT2D eigenvalue weighted by Gasteiger charge is -2.09. The molecular weight excluding hydrogens is 307 g/mol. The van der Waals surface area contributed by atoms with Gasteiger partial charge in [-0.15, -0.1) is 0 Å². The summed E-state index contributed by atoms with van der Waals surface area (Å²) < 4.78 is 37.4. The van der Waals surface area contributed by atoms with E-state index in [1.54, 1.807) is 6.20 Å². The summed E-state index contributed by atoms with van der Waals surface area (Å²) >= 11 is 0. The summed E-state index contributed by atoms with van der Waals surface area (Å²) in [6, 6.07) is 11.1. The highest BCUT2D eigenvalue weighted by Gasteiger charge is 2.29. The van der Waals surface area contributed by atoms with Crippen LogP contribution in [-0.4, -0.2) is 11.0 Å². The van der Waals surface area contributed by atoms with E-state index in [-0.39, 0.29) is 5.69 Å². The number of alkyl halides is 3. The zero-order valence-corrected chi connectivity index (χ0v) is 11.7. The molecule has 118 valence electrons. The number of aromatic amines is 1. The van der Waals surface area contributed by atoms with Crippen molar-refractivity contribution in [2.24, 2.45) is 0 Å². The van der Waals surface area contributed by atoms with Gasteiger partial charge in [-0.05, 0) is 30.3 Å². The third-order valence-corrected chi connectivity index (χ3v) is 3.31. The van der Waals surface area contributed by atoms with Crippen LogP contribution >= 0.6 is 0 Å². The van der Waals surface area contributed by atoms with Gasteiger partial charge in [-0.3, -0.25) is 0 Å². The molecule has 0 aliphatic heterocycles. The third kappa shape index (κ3) is 3.28. The zero-order chi connectivity index (χ0) is 16.4. The molecule has 0 spiro atoms. The first-order valence-electron chi connectivity index (χ1n) is 6.75. The monoisotopic (exact) mass is 319 g/mol. The molecular formula is C16H12F3N3O. The van der Waals surface area contributed by atoms with Gasteiger partial charge in [0.05, 0.1) is 11.3 Å². The number of para-hydroxylation sites is 1. The smallest absolute Gasteiger partial charge is 0.359 e. The minimum absolute atomic E-state index is 0.273. The van der Waals surface area contributed by atoms with Crippen molar-refractivity contribution in [1.29, 1.82) is 0 Å². The standard InChI is InChI=1S/C16H12F3N3O/c17-16(18,19)10-5-7-11(8-6-10)21-15(23)22-14-9-20-13-4-2-1-3-12(13)14/h1-9,20H,(H2,21,22,23). The SMILES string of the molecule is O=C(Nc1ccc(C(F)(F)F)cc1)Nc1c[nH]c2ccccc12. The molecule has 0 radical (unpaired) electrons. The van der Waals surface area contributed by atoms with Crippen molar-refractivity contribution in [3.05, 3.63) is 60.3 Å². The molecule has 2 amide bonds. The Kier molecular flexibility index (Phi) is 3.69. The number of amides is 2. The van der Waals surface area contributed by atoms with E-state index in [9.17, 15) is 18.0 Å².